The van der Waals surface area contributed by atoms with E-state index in [-0.39, 0.29) is 12.3 Å². The summed E-state index contributed by atoms with van der Waals surface area (Å²) in [5, 5.41) is 14.5. The van der Waals surface area contributed by atoms with E-state index in [4.69, 9.17) is 9.41 Å². The van der Waals surface area contributed by atoms with Crippen molar-refractivity contribution in [3.05, 3.63) is 131 Å². The van der Waals surface area contributed by atoms with E-state index in [1.165, 1.54) is 33.0 Å². The van der Waals surface area contributed by atoms with Crippen LogP contribution in [0.2, 0.25) is 0 Å². The summed E-state index contributed by atoms with van der Waals surface area (Å²) in [5.41, 5.74) is 10.4. The highest BCUT2D eigenvalue weighted by Crippen LogP contribution is 2.48. The number of nitrogens with zero attached hydrogens (tertiary/aromatic N) is 1. The molecule has 2 atom stereocenters. The van der Waals surface area contributed by atoms with Crippen molar-refractivity contribution in [1.29, 1.82) is 0 Å². The second-order valence-corrected chi connectivity index (χ2v) is 10.9. The molecule has 5 aromatic carbocycles. The Labute approximate surface area is 237 Å². The first kappa shape index (κ1) is 22.7. The van der Waals surface area contributed by atoms with Gasteiger partial charge in [0.15, 0.2) is 0 Å². The highest BCUT2D eigenvalue weighted by Gasteiger charge is 2.29. The second kappa shape index (κ2) is 8.68. The molecule has 3 heterocycles. The molecule has 0 saturated heterocycles. The summed E-state index contributed by atoms with van der Waals surface area (Å²) in [7, 11) is 0. The highest BCUT2D eigenvalue weighted by molar-refractivity contribution is 6.15. The van der Waals surface area contributed by atoms with Gasteiger partial charge in [-0.1, -0.05) is 103 Å². The van der Waals surface area contributed by atoms with E-state index >= 15 is 0 Å². The molecule has 41 heavy (non-hydrogen) atoms. The standard InChI is InChI=1S/C36H26N4O/c1-2-8-22(9-3-1)33-38-34(23-17-18-24-25-12-4-10-21-11-5-13-26(31(21)25)29(24)20-23)40-35(39-33)27-14-6-16-30-32(27)28-15-7-19-37-36(28)41-30/h1-18,20,33-34,37-38H,19H2,(H,39,40). The molecule has 1 aliphatic carbocycles. The van der Waals surface area contributed by atoms with E-state index in [0.717, 1.165) is 51.5 Å². The van der Waals surface area contributed by atoms with Gasteiger partial charge in [0.2, 0.25) is 5.88 Å². The third-order valence-corrected chi connectivity index (χ3v) is 8.51. The van der Waals surface area contributed by atoms with E-state index < -0.39 is 0 Å². The van der Waals surface area contributed by atoms with Gasteiger partial charge in [-0.3, -0.25) is 5.32 Å². The van der Waals surface area contributed by atoms with Crippen LogP contribution >= 0.6 is 0 Å². The molecule has 0 fully saturated rings. The minimum Gasteiger partial charge on any atom is -0.440 e. The summed E-state index contributed by atoms with van der Waals surface area (Å²) in [4.78, 5) is 5.31. The molecule has 0 spiro atoms. The summed E-state index contributed by atoms with van der Waals surface area (Å²) < 4.78 is 6.19. The largest absolute Gasteiger partial charge is 0.440 e. The van der Waals surface area contributed by atoms with Gasteiger partial charge in [0.05, 0.1) is 0 Å². The number of hydrogen-bond acceptors (Lipinski definition) is 5. The van der Waals surface area contributed by atoms with Crippen molar-refractivity contribution in [2.45, 2.75) is 12.3 Å². The lowest BCUT2D eigenvalue weighted by Gasteiger charge is -2.32. The van der Waals surface area contributed by atoms with Crippen molar-refractivity contribution in [1.82, 2.24) is 10.6 Å². The number of fused-ring (bicyclic) bond motifs is 6. The van der Waals surface area contributed by atoms with Crippen LogP contribution in [-0.2, 0) is 0 Å². The molecule has 1 aromatic heterocycles. The molecule has 0 amide bonds. The van der Waals surface area contributed by atoms with Gasteiger partial charge in [-0.25, -0.2) is 4.99 Å². The normalized spacial score (nSPS) is 18.5. The smallest absolute Gasteiger partial charge is 0.201 e. The number of furan rings is 1. The van der Waals surface area contributed by atoms with Gasteiger partial charge in [-0.2, -0.15) is 0 Å². The maximum Gasteiger partial charge on any atom is 0.201 e. The maximum atomic E-state index is 6.19. The summed E-state index contributed by atoms with van der Waals surface area (Å²) in [6, 6.07) is 36.7. The van der Waals surface area contributed by atoms with Gasteiger partial charge in [-0.15, -0.1) is 0 Å². The predicted octanol–water partition coefficient (Wildman–Crippen LogP) is 8.01. The third kappa shape index (κ3) is 3.43. The molecule has 6 aromatic rings. The number of hydrogen-bond donors (Lipinski definition) is 3. The van der Waals surface area contributed by atoms with E-state index in [2.05, 4.69) is 119 Å². The van der Waals surface area contributed by atoms with Crippen LogP contribution in [0, 0.1) is 0 Å². The van der Waals surface area contributed by atoms with E-state index in [1.807, 2.05) is 12.1 Å². The van der Waals surface area contributed by atoms with Gasteiger partial charge >= 0.3 is 0 Å². The number of nitrogens with one attached hydrogen (secondary N) is 3. The fraction of sp³-hybridized carbons (Fsp3) is 0.0833. The molecule has 196 valence electrons. The maximum absolute atomic E-state index is 6.19. The summed E-state index contributed by atoms with van der Waals surface area (Å²) in [6.07, 6.45) is 3.92. The van der Waals surface area contributed by atoms with Gasteiger partial charge in [0.25, 0.3) is 0 Å². The number of anilines is 1. The van der Waals surface area contributed by atoms with E-state index in [0.29, 0.717) is 0 Å². The minimum absolute atomic E-state index is 0.116. The van der Waals surface area contributed by atoms with Crippen LogP contribution in [0.5, 0.6) is 0 Å². The van der Waals surface area contributed by atoms with Crippen LogP contribution in [0.1, 0.15) is 34.6 Å². The molecule has 0 radical (unpaired) electrons. The van der Waals surface area contributed by atoms with Crippen molar-refractivity contribution < 1.29 is 4.42 Å². The summed E-state index contributed by atoms with van der Waals surface area (Å²) in [5.74, 6) is 1.66. The molecule has 0 saturated carbocycles. The van der Waals surface area contributed by atoms with Crippen LogP contribution in [0.15, 0.2) is 119 Å². The van der Waals surface area contributed by atoms with Crippen molar-refractivity contribution in [3.63, 3.8) is 0 Å². The number of benzene rings is 5. The van der Waals surface area contributed by atoms with Crippen molar-refractivity contribution in [2.24, 2.45) is 4.99 Å². The van der Waals surface area contributed by atoms with E-state index in [1.54, 1.807) is 0 Å². The molecule has 9 rings (SSSR count). The lowest BCUT2D eigenvalue weighted by Crippen LogP contribution is -2.45. The van der Waals surface area contributed by atoms with Gasteiger partial charge in [0.1, 0.15) is 23.8 Å². The monoisotopic (exact) mass is 530 g/mol. The predicted molar refractivity (Wildman–Crippen MR) is 167 cm³/mol. The fourth-order valence-electron chi connectivity index (χ4n) is 6.65. The Morgan fingerprint density at radius 1 is 0.683 bits per heavy atom. The lowest BCUT2D eigenvalue weighted by molar-refractivity contribution is 0.409. The zero-order valence-corrected chi connectivity index (χ0v) is 22.2. The van der Waals surface area contributed by atoms with E-state index in [9.17, 15) is 0 Å². The van der Waals surface area contributed by atoms with Crippen LogP contribution in [0.25, 0.3) is 50.1 Å². The molecule has 3 N–H and O–H groups in total. The van der Waals surface area contributed by atoms with Crippen LogP contribution in [0.3, 0.4) is 0 Å². The Kier molecular flexibility index (Phi) is 4.80. The van der Waals surface area contributed by atoms with Gasteiger partial charge in [0, 0.05) is 23.1 Å². The Morgan fingerprint density at radius 3 is 2.37 bits per heavy atom. The average molecular weight is 531 g/mol. The lowest BCUT2D eigenvalue weighted by atomic mass is 9.98. The topological polar surface area (TPSA) is 61.6 Å². The van der Waals surface area contributed by atoms with Crippen LogP contribution < -0.4 is 16.0 Å². The van der Waals surface area contributed by atoms with Gasteiger partial charge < -0.3 is 15.1 Å². The first-order chi connectivity index (χ1) is 20.3. The zero-order valence-electron chi connectivity index (χ0n) is 22.2. The first-order valence-corrected chi connectivity index (χ1v) is 14.1. The Bertz CT molecular complexity index is 2070. The molecule has 5 heteroatoms. The average Bonchev–Trinajstić information content (AvgIpc) is 3.58. The van der Waals surface area contributed by atoms with Crippen LogP contribution in [-0.4, -0.2) is 12.4 Å². The Hall–Kier alpha value is -5.13. The van der Waals surface area contributed by atoms with Crippen LogP contribution in [0.4, 0.5) is 5.88 Å². The summed E-state index contributed by atoms with van der Waals surface area (Å²) >= 11 is 0. The SMILES string of the molecule is C1=Cc2c(oc3cccc(C4=NC(c5ccc6c(c5)-c5cccc7cccc-6c57)NC(c5ccccc5)N4)c23)NC1. The van der Waals surface area contributed by atoms with Crippen molar-refractivity contribution in [3.8, 4) is 22.3 Å². The fourth-order valence-corrected chi connectivity index (χ4v) is 6.65. The summed E-state index contributed by atoms with van der Waals surface area (Å²) in [6.45, 7) is 0.763. The zero-order chi connectivity index (χ0) is 26.9. The Morgan fingerprint density at radius 2 is 1.49 bits per heavy atom. The number of rotatable bonds is 3. The molecular weight excluding hydrogens is 504 g/mol. The first-order valence-electron chi connectivity index (χ1n) is 14.1. The quantitative estimate of drug-likeness (QED) is 0.217. The second-order valence-electron chi connectivity index (χ2n) is 10.9. The molecule has 0 bridgehead atoms. The molecule has 2 unspecified atom stereocenters. The number of aliphatic imine (C=N–C) groups is 1. The van der Waals surface area contributed by atoms with Crippen molar-refractivity contribution >= 4 is 39.5 Å². The minimum atomic E-state index is -0.240. The molecule has 2 aliphatic heterocycles. The highest BCUT2D eigenvalue weighted by atomic mass is 16.3. The number of amidine groups is 1. The third-order valence-electron chi connectivity index (χ3n) is 8.51. The Balaban J connectivity index is 1.21. The molecule has 5 nitrogen and oxygen atoms in total. The molecular formula is C36H26N4O. The van der Waals surface area contributed by atoms with Gasteiger partial charge in [-0.05, 0) is 56.3 Å². The van der Waals surface area contributed by atoms with Crippen molar-refractivity contribution in [2.75, 3.05) is 11.9 Å². The molecule has 3 aliphatic rings.